The third-order valence-electron chi connectivity index (χ3n) is 2.40. The summed E-state index contributed by atoms with van der Waals surface area (Å²) in [5, 5.41) is 18.3. The topological polar surface area (TPSA) is 40.5 Å². The number of rotatable bonds is 2. The lowest BCUT2D eigenvalue weighted by Gasteiger charge is -2.09. The molecule has 2 N–H and O–H groups in total. The van der Waals surface area contributed by atoms with Gasteiger partial charge in [0.2, 0.25) is 0 Å². The zero-order valence-electron chi connectivity index (χ0n) is 8.47. The maximum Gasteiger partial charge on any atom is 0.492 e. The molecule has 2 aromatic carbocycles. The fourth-order valence-electron chi connectivity index (χ4n) is 1.67. The fraction of sp³-hybridized carbons (Fsp3) is 0. The summed E-state index contributed by atoms with van der Waals surface area (Å²) in [5.74, 6) is -0.614. The molecule has 0 saturated carbocycles. The summed E-state index contributed by atoms with van der Waals surface area (Å²) in [7, 11) is -1.81. The quantitative estimate of drug-likeness (QED) is 0.739. The summed E-state index contributed by atoms with van der Waals surface area (Å²) in [6, 6.07) is 13.5. The molecule has 0 aliphatic rings. The lowest BCUT2D eigenvalue weighted by Crippen LogP contribution is -2.34. The Morgan fingerprint density at radius 2 is 1.56 bits per heavy atom. The molecule has 0 aromatic heterocycles. The van der Waals surface area contributed by atoms with Gasteiger partial charge < -0.3 is 10.0 Å². The first kappa shape index (κ1) is 10.9. The van der Waals surface area contributed by atoms with E-state index in [1.165, 1.54) is 6.07 Å². The van der Waals surface area contributed by atoms with Gasteiger partial charge in [0.05, 0.1) is 0 Å². The van der Waals surface area contributed by atoms with E-state index >= 15 is 0 Å². The molecule has 0 fully saturated rings. The molecule has 0 aliphatic heterocycles. The highest BCUT2D eigenvalue weighted by Crippen LogP contribution is 2.17. The van der Waals surface area contributed by atoms with E-state index in [0.29, 0.717) is 5.56 Å². The van der Waals surface area contributed by atoms with E-state index in [0.717, 1.165) is 5.56 Å². The number of benzene rings is 2. The molecule has 0 heterocycles. The average molecular weight is 216 g/mol. The van der Waals surface area contributed by atoms with Crippen LogP contribution in [0.15, 0.2) is 48.5 Å². The molecule has 2 rings (SSSR count). The molecule has 0 saturated heterocycles. The number of halogens is 1. The first-order chi connectivity index (χ1) is 7.70. The molecule has 0 atom stereocenters. The summed E-state index contributed by atoms with van der Waals surface area (Å²) in [4.78, 5) is 0. The minimum atomic E-state index is -1.81. The number of hydrogen-bond acceptors (Lipinski definition) is 2. The maximum atomic E-state index is 13.5. The zero-order chi connectivity index (χ0) is 11.5. The van der Waals surface area contributed by atoms with Crippen molar-refractivity contribution in [2.75, 3.05) is 0 Å². The highest BCUT2D eigenvalue weighted by atomic mass is 19.1. The van der Waals surface area contributed by atoms with Gasteiger partial charge in [0.15, 0.2) is 0 Å². The van der Waals surface area contributed by atoms with Crippen molar-refractivity contribution < 1.29 is 14.4 Å². The summed E-state index contributed by atoms with van der Waals surface area (Å²) in [6.45, 7) is 0. The minimum absolute atomic E-state index is 0.0892. The number of hydrogen-bond donors (Lipinski definition) is 2. The van der Waals surface area contributed by atoms with Crippen LogP contribution in [0.25, 0.3) is 11.1 Å². The van der Waals surface area contributed by atoms with E-state index in [1.807, 2.05) is 18.2 Å². The van der Waals surface area contributed by atoms with E-state index in [9.17, 15) is 4.39 Å². The average Bonchev–Trinajstić information content (AvgIpc) is 2.29. The van der Waals surface area contributed by atoms with E-state index in [4.69, 9.17) is 10.0 Å². The van der Waals surface area contributed by atoms with Crippen molar-refractivity contribution >= 4 is 12.6 Å². The molecule has 2 nitrogen and oxygen atoms in total. The second-order valence-corrected chi connectivity index (χ2v) is 3.44. The van der Waals surface area contributed by atoms with Crippen molar-refractivity contribution in [2.24, 2.45) is 0 Å². The van der Waals surface area contributed by atoms with Gasteiger partial charge in [0.25, 0.3) is 0 Å². The standard InChI is InChI=1S/C12H10BFO2/c14-11-8-4-7-10(12(11)13(15)16)9-5-2-1-3-6-9/h1-8,15-16H. The van der Waals surface area contributed by atoms with Crippen molar-refractivity contribution in [3.63, 3.8) is 0 Å². The highest BCUT2D eigenvalue weighted by Gasteiger charge is 2.21. The predicted molar refractivity (Wildman–Crippen MR) is 61.7 cm³/mol. The Morgan fingerprint density at radius 3 is 2.19 bits per heavy atom. The SMILES string of the molecule is OB(O)c1c(F)cccc1-c1ccccc1. The van der Waals surface area contributed by atoms with Crippen molar-refractivity contribution in [1.82, 2.24) is 0 Å². The monoisotopic (exact) mass is 216 g/mol. The maximum absolute atomic E-state index is 13.5. The lowest BCUT2D eigenvalue weighted by molar-refractivity contribution is 0.423. The second-order valence-electron chi connectivity index (χ2n) is 3.44. The molecular weight excluding hydrogens is 206 g/mol. The van der Waals surface area contributed by atoms with Crippen LogP contribution in [0.1, 0.15) is 0 Å². The normalized spacial score (nSPS) is 10.2. The summed E-state index contributed by atoms with van der Waals surface area (Å²) >= 11 is 0. The third-order valence-corrected chi connectivity index (χ3v) is 2.40. The van der Waals surface area contributed by atoms with Crippen molar-refractivity contribution in [3.8, 4) is 11.1 Å². The molecule has 0 amide bonds. The van der Waals surface area contributed by atoms with Gasteiger partial charge >= 0.3 is 7.12 Å². The van der Waals surface area contributed by atoms with Crippen LogP contribution in [0, 0.1) is 5.82 Å². The Morgan fingerprint density at radius 1 is 0.875 bits per heavy atom. The van der Waals surface area contributed by atoms with E-state index < -0.39 is 12.9 Å². The molecule has 0 unspecified atom stereocenters. The Kier molecular flexibility index (Phi) is 3.03. The van der Waals surface area contributed by atoms with Gasteiger partial charge in [-0.3, -0.25) is 0 Å². The Hall–Kier alpha value is -1.65. The third kappa shape index (κ3) is 1.98. The first-order valence-corrected chi connectivity index (χ1v) is 4.90. The molecule has 80 valence electrons. The molecule has 0 bridgehead atoms. The highest BCUT2D eigenvalue weighted by molar-refractivity contribution is 6.60. The smallest absolute Gasteiger partial charge is 0.423 e. The largest absolute Gasteiger partial charge is 0.492 e. The second kappa shape index (κ2) is 4.47. The van der Waals surface area contributed by atoms with Crippen LogP contribution in [-0.2, 0) is 0 Å². The lowest BCUT2D eigenvalue weighted by atomic mass is 9.75. The van der Waals surface area contributed by atoms with Crippen LogP contribution in [-0.4, -0.2) is 17.2 Å². The van der Waals surface area contributed by atoms with Crippen LogP contribution >= 0.6 is 0 Å². The van der Waals surface area contributed by atoms with Crippen LogP contribution in [0.2, 0.25) is 0 Å². The fourth-order valence-corrected chi connectivity index (χ4v) is 1.67. The molecule has 0 aliphatic carbocycles. The van der Waals surface area contributed by atoms with Crippen LogP contribution < -0.4 is 5.46 Å². The summed E-state index contributed by atoms with van der Waals surface area (Å²) < 4.78 is 13.5. The van der Waals surface area contributed by atoms with Crippen molar-refractivity contribution in [1.29, 1.82) is 0 Å². The summed E-state index contributed by atoms with van der Waals surface area (Å²) in [5.41, 5.74) is 1.16. The first-order valence-electron chi connectivity index (χ1n) is 4.90. The van der Waals surface area contributed by atoms with Gasteiger partial charge in [0, 0.05) is 5.46 Å². The van der Waals surface area contributed by atoms with Gasteiger partial charge in [-0.2, -0.15) is 0 Å². The Labute approximate surface area is 93.1 Å². The Balaban J connectivity index is 2.61. The Bertz CT molecular complexity index is 486. The van der Waals surface area contributed by atoms with Gasteiger partial charge in [0.1, 0.15) is 5.82 Å². The summed E-state index contributed by atoms with van der Waals surface area (Å²) in [6.07, 6.45) is 0. The van der Waals surface area contributed by atoms with Crippen LogP contribution in [0.3, 0.4) is 0 Å². The van der Waals surface area contributed by atoms with E-state index in [2.05, 4.69) is 0 Å². The van der Waals surface area contributed by atoms with Crippen LogP contribution in [0.5, 0.6) is 0 Å². The van der Waals surface area contributed by atoms with Gasteiger partial charge in [-0.1, -0.05) is 42.5 Å². The molecule has 0 radical (unpaired) electrons. The van der Waals surface area contributed by atoms with Gasteiger partial charge in [-0.15, -0.1) is 0 Å². The molecular formula is C12H10BFO2. The van der Waals surface area contributed by atoms with Crippen molar-refractivity contribution in [3.05, 3.63) is 54.3 Å². The zero-order valence-corrected chi connectivity index (χ0v) is 8.47. The van der Waals surface area contributed by atoms with Gasteiger partial charge in [-0.25, -0.2) is 4.39 Å². The molecule has 2 aromatic rings. The molecule has 16 heavy (non-hydrogen) atoms. The molecule has 4 heteroatoms. The van der Waals surface area contributed by atoms with E-state index in [1.54, 1.807) is 24.3 Å². The van der Waals surface area contributed by atoms with E-state index in [-0.39, 0.29) is 5.46 Å². The molecule has 0 spiro atoms. The van der Waals surface area contributed by atoms with Crippen molar-refractivity contribution in [2.45, 2.75) is 0 Å². The van der Waals surface area contributed by atoms with Crippen LogP contribution in [0.4, 0.5) is 4.39 Å². The van der Waals surface area contributed by atoms with Gasteiger partial charge in [-0.05, 0) is 17.2 Å². The predicted octanol–water partition coefficient (Wildman–Crippen LogP) is 1.17. The minimum Gasteiger partial charge on any atom is -0.423 e.